The molecular weight excluding hydrogens is 254 g/mol. The fourth-order valence-corrected chi connectivity index (χ4v) is 2.21. The molecular formula is C16H23NO3. The minimum Gasteiger partial charge on any atom is -0.490 e. The summed E-state index contributed by atoms with van der Waals surface area (Å²) in [6.45, 7) is 10.2. The van der Waals surface area contributed by atoms with E-state index in [0.717, 1.165) is 11.3 Å². The second kappa shape index (κ2) is 5.35. The molecule has 0 fully saturated rings. The van der Waals surface area contributed by atoms with Crippen LogP contribution in [0.1, 0.15) is 51.7 Å². The average molecular weight is 277 g/mol. The topological polar surface area (TPSA) is 47.6 Å². The molecule has 20 heavy (non-hydrogen) atoms. The largest absolute Gasteiger partial charge is 0.490 e. The van der Waals surface area contributed by atoms with E-state index in [4.69, 9.17) is 9.47 Å². The van der Waals surface area contributed by atoms with Crippen molar-refractivity contribution in [2.45, 2.75) is 58.8 Å². The molecule has 110 valence electrons. The van der Waals surface area contributed by atoms with Crippen molar-refractivity contribution >= 4 is 6.09 Å². The summed E-state index contributed by atoms with van der Waals surface area (Å²) < 4.78 is 11.0. The van der Waals surface area contributed by atoms with E-state index in [1.54, 1.807) is 0 Å². The van der Waals surface area contributed by atoms with Gasteiger partial charge in [0.25, 0.3) is 0 Å². The summed E-state index contributed by atoms with van der Waals surface area (Å²) in [5, 5.41) is 2.77. The molecule has 1 N–H and O–H groups in total. The van der Waals surface area contributed by atoms with Crippen LogP contribution in [0.15, 0.2) is 18.2 Å². The Morgan fingerprint density at radius 1 is 1.35 bits per heavy atom. The Morgan fingerprint density at radius 2 is 2.05 bits per heavy atom. The van der Waals surface area contributed by atoms with Crippen LogP contribution in [-0.2, 0) is 11.3 Å². The zero-order chi connectivity index (χ0) is 14.9. The average Bonchev–Trinajstić information content (AvgIpc) is 2.61. The molecule has 0 bridgehead atoms. The Hall–Kier alpha value is -1.71. The Morgan fingerprint density at radius 3 is 2.70 bits per heavy atom. The standard InChI is InChI=1S/C16H23NO3/c1-10-11(2)19-14-7-6-12(8-13(10)14)9-17-15(18)20-16(3,4)5/h6-8,10-11H,9H2,1-5H3,(H,17,18). The van der Waals surface area contributed by atoms with Gasteiger partial charge in [0, 0.05) is 18.0 Å². The molecule has 4 nitrogen and oxygen atoms in total. The molecule has 1 aliphatic heterocycles. The number of amides is 1. The number of rotatable bonds is 2. The van der Waals surface area contributed by atoms with Gasteiger partial charge in [0.15, 0.2) is 0 Å². The number of fused-ring (bicyclic) bond motifs is 1. The van der Waals surface area contributed by atoms with Crippen LogP contribution < -0.4 is 10.1 Å². The van der Waals surface area contributed by atoms with Crippen molar-refractivity contribution in [3.63, 3.8) is 0 Å². The zero-order valence-electron chi connectivity index (χ0n) is 12.8. The van der Waals surface area contributed by atoms with E-state index in [0.29, 0.717) is 12.5 Å². The van der Waals surface area contributed by atoms with Crippen molar-refractivity contribution < 1.29 is 14.3 Å². The van der Waals surface area contributed by atoms with Crippen molar-refractivity contribution in [3.8, 4) is 5.75 Å². The number of ether oxygens (including phenoxy) is 2. The van der Waals surface area contributed by atoms with E-state index in [1.165, 1.54) is 5.56 Å². The van der Waals surface area contributed by atoms with Crippen LogP contribution in [0.3, 0.4) is 0 Å². The van der Waals surface area contributed by atoms with Gasteiger partial charge in [-0.05, 0) is 45.4 Å². The van der Waals surface area contributed by atoms with Gasteiger partial charge >= 0.3 is 6.09 Å². The summed E-state index contributed by atoms with van der Waals surface area (Å²) in [5.41, 5.74) is 1.79. The number of nitrogens with one attached hydrogen (secondary N) is 1. The molecule has 1 aliphatic rings. The fourth-order valence-electron chi connectivity index (χ4n) is 2.21. The van der Waals surface area contributed by atoms with Crippen molar-refractivity contribution in [2.24, 2.45) is 0 Å². The van der Waals surface area contributed by atoms with Gasteiger partial charge in [0.1, 0.15) is 17.5 Å². The minimum absolute atomic E-state index is 0.207. The predicted octanol–water partition coefficient (Wildman–Crippen LogP) is 3.60. The van der Waals surface area contributed by atoms with E-state index in [9.17, 15) is 4.79 Å². The number of benzene rings is 1. The maximum absolute atomic E-state index is 11.6. The van der Waals surface area contributed by atoms with E-state index in [-0.39, 0.29) is 6.10 Å². The lowest BCUT2D eigenvalue weighted by atomic mass is 9.97. The minimum atomic E-state index is -0.472. The van der Waals surface area contributed by atoms with Gasteiger partial charge in [-0.1, -0.05) is 13.0 Å². The van der Waals surface area contributed by atoms with Crippen LogP contribution in [0, 0.1) is 0 Å². The number of carbonyl (C=O) groups is 1. The summed E-state index contributed by atoms with van der Waals surface area (Å²) >= 11 is 0. The smallest absolute Gasteiger partial charge is 0.407 e. The molecule has 1 amide bonds. The first kappa shape index (κ1) is 14.7. The Balaban J connectivity index is 1.97. The molecule has 2 rings (SSSR count). The van der Waals surface area contributed by atoms with Crippen LogP contribution in [0.5, 0.6) is 5.75 Å². The first-order valence-corrected chi connectivity index (χ1v) is 7.02. The number of hydrogen-bond donors (Lipinski definition) is 1. The third-order valence-electron chi connectivity index (χ3n) is 3.42. The van der Waals surface area contributed by atoms with Gasteiger partial charge in [-0.25, -0.2) is 4.79 Å². The number of hydrogen-bond acceptors (Lipinski definition) is 3. The first-order valence-electron chi connectivity index (χ1n) is 7.02. The van der Waals surface area contributed by atoms with E-state index < -0.39 is 11.7 Å². The molecule has 4 heteroatoms. The maximum Gasteiger partial charge on any atom is 0.407 e. The van der Waals surface area contributed by atoms with Gasteiger partial charge in [-0.3, -0.25) is 0 Å². The van der Waals surface area contributed by atoms with Crippen LogP contribution >= 0.6 is 0 Å². The van der Waals surface area contributed by atoms with Crippen molar-refractivity contribution in [2.75, 3.05) is 0 Å². The summed E-state index contributed by atoms with van der Waals surface area (Å²) in [4.78, 5) is 11.6. The first-order chi connectivity index (χ1) is 9.26. The van der Waals surface area contributed by atoms with E-state index in [2.05, 4.69) is 25.2 Å². The lowest BCUT2D eigenvalue weighted by Gasteiger charge is -2.19. The quantitative estimate of drug-likeness (QED) is 0.898. The molecule has 1 heterocycles. The van der Waals surface area contributed by atoms with Gasteiger partial charge in [0.2, 0.25) is 0 Å². The van der Waals surface area contributed by atoms with Crippen molar-refractivity contribution in [3.05, 3.63) is 29.3 Å². The van der Waals surface area contributed by atoms with Crippen LogP contribution in [0.2, 0.25) is 0 Å². The third-order valence-corrected chi connectivity index (χ3v) is 3.42. The van der Waals surface area contributed by atoms with Crippen molar-refractivity contribution in [1.29, 1.82) is 0 Å². The van der Waals surface area contributed by atoms with Crippen molar-refractivity contribution in [1.82, 2.24) is 5.32 Å². The monoisotopic (exact) mass is 277 g/mol. The number of carbonyl (C=O) groups excluding carboxylic acids is 1. The molecule has 1 aromatic carbocycles. The SMILES string of the molecule is CC1Oc2ccc(CNC(=O)OC(C)(C)C)cc2C1C. The molecule has 2 unspecified atom stereocenters. The summed E-state index contributed by atoms with van der Waals surface area (Å²) in [7, 11) is 0. The molecule has 0 aromatic heterocycles. The normalized spacial score (nSPS) is 21.1. The van der Waals surface area contributed by atoms with E-state index in [1.807, 2.05) is 32.9 Å². The molecule has 0 saturated heterocycles. The van der Waals surface area contributed by atoms with E-state index >= 15 is 0 Å². The molecule has 1 aromatic rings. The van der Waals surface area contributed by atoms with Crippen LogP contribution in [0.25, 0.3) is 0 Å². The fraction of sp³-hybridized carbons (Fsp3) is 0.562. The lowest BCUT2D eigenvalue weighted by molar-refractivity contribution is 0.0523. The van der Waals surface area contributed by atoms with Gasteiger partial charge in [-0.2, -0.15) is 0 Å². The second-order valence-electron chi connectivity index (χ2n) is 6.34. The summed E-state index contributed by atoms with van der Waals surface area (Å²) in [5.74, 6) is 1.33. The predicted molar refractivity (Wildman–Crippen MR) is 78.0 cm³/mol. The zero-order valence-corrected chi connectivity index (χ0v) is 12.8. The molecule has 2 atom stereocenters. The highest BCUT2D eigenvalue weighted by atomic mass is 16.6. The van der Waals surface area contributed by atoms with Gasteiger partial charge < -0.3 is 14.8 Å². The third kappa shape index (κ3) is 3.44. The van der Waals surface area contributed by atoms with Gasteiger partial charge in [-0.15, -0.1) is 0 Å². The molecule has 0 aliphatic carbocycles. The summed E-state index contributed by atoms with van der Waals surface area (Å²) in [6.07, 6.45) is -0.185. The Labute approximate surface area is 120 Å². The Kier molecular flexibility index (Phi) is 3.93. The van der Waals surface area contributed by atoms with Crippen LogP contribution in [-0.4, -0.2) is 17.8 Å². The molecule has 0 radical (unpaired) electrons. The lowest BCUT2D eigenvalue weighted by Crippen LogP contribution is -2.32. The molecule has 0 spiro atoms. The second-order valence-corrected chi connectivity index (χ2v) is 6.34. The number of alkyl carbamates (subject to hydrolysis) is 1. The van der Waals surface area contributed by atoms with Gasteiger partial charge in [0.05, 0.1) is 0 Å². The highest BCUT2D eigenvalue weighted by molar-refractivity contribution is 5.67. The Bertz CT molecular complexity index is 505. The maximum atomic E-state index is 11.6. The van der Waals surface area contributed by atoms with Crippen LogP contribution in [0.4, 0.5) is 4.79 Å². The summed E-state index contributed by atoms with van der Waals surface area (Å²) in [6, 6.07) is 6.04. The highest BCUT2D eigenvalue weighted by Crippen LogP contribution is 2.38. The highest BCUT2D eigenvalue weighted by Gasteiger charge is 2.27. The molecule has 0 saturated carbocycles.